The van der Waals surface area contributed by atoms with Gasteiger partial charge in [-0.25, -0.2) is 0 Å². The molecule has 0 heterocycles. The van der Waals surface area contributed by atoms with E-state index in [0.717, 1.165) is 11.1 Å². The zero-order valence-electron chi connectivity index (χ0n) is 8.00. The SMILES string of the molecule is Cc1cc(O)c(Cl)cc1C(O)CCN. The number of aliphatic hydroxyl groups is 1. The van der Waals surface area contributed by atoms with Crippen molar-refractivity contribution in [3.05, 3.63) is 28.3 Å². The Kier molecular flexibility index (Phi) is 3.75. The maximum absolute atomic E-state index is 9.70. The number of nitrogens with two attached hydrogens (primary N) is 1. The molecule has 0 aliphatic carbocycles. The van der Waals surface area contributed by atoms with Crippen LogP contribution in [0.3, 0.4) is 0 Å². The van der Waals surface area contributed by atoms with E-state index in [1.807, 2.05) is 6.92 Å². The Hall–Kier alpha value is -0.770. The van der Waals surface area contributed by atoms with Gasteiger partial charge in [-0.2, -0.15) is 0 Å². The van der Waals surface area contributed by atoms with Crippen molar-refractivity contribution in [1.29, 1.82) is 0 Å². The molecule has 0 radical (unpaired) electrons. The molecular weight excluding hydrogens is 202 g/mol. The first kappa shape index (κ1) is 11.3. The summed E-state index contributed by atoms with van der Waals surface area (Å²) >= 11 is 5.74. The molecular formula is C10H14ClNO2. The highest BCUT2D eigenvalue weighted by Crippen LogP contribution is 2.30. The van der Waals surface area contributed by atoms with Crippen molar-refractivity contribution in [2.24, 2.45) is 5.73 Å². The summed E-state index contributed by atoms with van der Waals surface area (Å²) in [5.41, 5.74) is 6.88. The van der Waals surface area contributed by atoms with Crippen molar-refractivity contribution < 1.29 is 10.2 Å². The van der Waals surface area contributed by atoms with Crippen molar-refractivity contribution in [2.45, 2.75) is 19.4 Å². The average molecular weight is 216 g/mol. The van der Waals surface area contributed by atoms with Crippen LogP contribution in [-0.2, 0) is 0 Å². The molecule has 0 bridgehead atoms. The number of halogens is 1. The van der Waals surface area contributed by atoms with Crippen LogP contribution in [0.2, 0.25) is 5.02 Å². The highest BCUT2D eigenvalue weighted by Gasteiger charge is 2.12. The second kappa shape index (κ2) is 4.64. The van der Waals surface area contributed by atoms with Crippen LogP contribution >= 0.6 is 11.6 Å². The molecule has 78 valence electrons. The van der Waals surface area contributed by atoms with E-state index in [1.165, 1.54) is 6.07 Å². The third-order valence-corrected chi connectivity index (χ3v) is 2.44. The minimum atomic E-state index is -0.613. The Bertz CT molecular complexity index is 328. The van der Waals surface area contributed by atoms with Gasteiger partial charge in [-0.15, -0.1) is 0 Å². The number of hydrogen-bond acceptors (Lipinski definition) is 3. The predicted octanol–water partition coefficient (Wildman–Crippen LogP) is 1.74. The lowest BCUT2D eigenvalue weighted by Crippen LogP contribution is -2.07. The average Bonchev–Trinajstić information content (AvgIpc) is 2.11. The Labute approximate surface area is 88.1 Å². The van der Waals surface area contributed by atoms with E-state index < -0.39 is 6.10 Å². The van der Waals surface area contributed by atoms with Gasteiger partial charge in [-0.1, -0.05) is 11.6 Å². The van der Waals surface area contributed by atoms with Crippen LogP contribution in [0, 0.1) is 6.92 Å². The molecule has 0 saturated heterocycles. The second-order valence-corrected chi connectivity index (χ2v) is 3.66. The fraction of sp³-hybridized carbons (Fsp3) is 0.400. The molecule has 0 aliphatic heterocycles. The monoisotopic (exact) mass is 215 g/mol. The van der Waals surface area contributed by atoms with Crippen LogP contribution in [0.25, 0.3) is 0 Å². The van der Waals surface area contributed by atoms with Gasteiger partial charge in [0.15, 0.2) is 0 Å². The highest BCUT2D eigenvalue weighted by molar-refractivity contribution is 6.32. The number of aromatic hydroxyl groups is 1. The van der Waals surface area contributed by atoms with E-state index >= 15 is 0 Å². The smallest absolute Gasteiger partial charge is 0.134 e. The molecule has 3 nitrogen and oxygen atoms in total. The minimum Gasteiger partial charge on any atom is -0.506 e. The molecule has 0 aromatic heterocycles. The molecule has 0 fully saturated rings. The number of phenolic OH excluding ortho intramolecular Hbond substituents is 1. The lowest BCUT2D eigenvalue weighted by atomic mass is 10.0. The van der Waals surface area contributed by atoms with Gasteiger partial charge >= 0.3 is 0 Å². The standard InChI is InChI=1S/C10H14ClNO2/c1-6-4-10(14)8(11)5-7(6)9(13)2-3-12/h4-5,9,13-14H,2-3,12H2,1H3. The summed E-state index contributed by atoms with van der Waals surface area (Å²) in [6.45, 7) is 2.23. The Morgan fingerprint density at radius 3 is 2.71 bits per heavy atom. The van der Waals surface area contributed by atoms with E-state index in [0.29, 0.717) is 13.0 Å². The Morgan fingerprint density at radius 2 is 2.14 bits per heavy atom. The maximum Gasteiger partial charge on any atom is 0.134 e. The number of benzene rings is 1. The van der Waals surface area contributed by atoms with Crippen molar-refractivity contribution in [3.63, 3.8) is 0 Å². The van der Waals surface area contributed by atoms with Gasteiger partial charge in [-0.05, 0) is 43.1 Å². The quantitative estimate of drug-likeness (QED) is 0.720. The van der Waals surface area contributed by atoms with Crippen LogP contribution in [0.4, 0.5) is 0 Å². The zero-order valence-corrected chi connectivity index (χ0v) is 8.75. The van der Waals surface area contributed by atoms with Crippen LogP contribution in [0.1, 0.15) is 23.7 Å². The second-order valence-electron chi connectivity index (χ2n) is 3.25. The van der Waals surface area contributed by atoms with Gasteiger partial charge in [0.25, 0.3) is 0 Å². The number of rotatable bonds is 3. The van der Waals surface area contributed by atoms with E-state index in [2.05, 4.69) is 0 Å². The number of hydrogen-bond donors (Lipinski definition) is 3. The van der Waals surface area contributed by atoms with Crippen LogP contribution < -0.4 is 5.73 Å². The fourth-order valence-electron chi connectivity index (χ4n) is 1.35. The molecule has 1 atom stereocenters. The summed E-state index contributed by atoms with van der Waals surface area (Å²) in [5.74, 6) is 0.0351. The van der Waals surface area contributed by atoms with Crippen molar-refractivity contribution in [2.75, 3.05) is 6.54 Å². The summed E-state index contributed by atoms with van der Waals surface area (Å²) < 4.78 is 0. The number of aliphatic hydroxyl groups excluding tert-OH is 1. The van der Waals surface area contributed by atoms with Gasteiger partial charge in [0, 0.05) is 0 Å². The Morgan fingerprint density at radius 1 is 1.50 bits per heavy atom. The lowest BCUT2D eigenvalue weighted by Gasteiger charge is -2.13. The van der Waals surface area contributed by atoms with Crippen molar-refractivity contribution in [3.8, 4) is 5.75 Å². The first-order valence-corrected chi connectivity index (χ1v) is 4.81. The highest BCUT2D eigenvalue weighted by atomic mass is 35.5. The van der Waals surface area contributed by atoms with Gasteiger partial charge in [-0.3, -0.25) is 0 Å². The first-order chi connectivity index (χ1) is 6.56. The summed E-state index contributed by atoms with van der Waals surface area (Å²) in [4.78, 5) is 0. The molecule has 0 spiro atoms. The molecule has 0 amide bonds. The molecule has 4 N–H and O–H groups in total. The molecule has 0 aliphatic rings. The summed E-state index contributed by atoms with van der Waals surface area (Å²) in [6.07, 6.45) is -0.125. The molecule has 1 rings (SSSR count). The summed E-state index contributed by atoms with van der Waals surface area (Å²) in [7, 11) is 0. The van der Waals surface area contributed by atoms with Gasteiger partial charge < -0.3 is 15.9 Å². The third-order valence-electron chi connectivity index (χ3n) is 2.13. The molecule has 1 aromatic carbocycles. The maximum atomic E-state index is 9.70. The van der Waals surface area contributed by atoms with Gasteiger partial charge in [0.2, 0.25) is 0 Å². The van der Waals surface area contributed by atoms with E-state index in [-0.39, 0.29) is 10.8 Å². The van der Waals surface area contributed by atoms with E-state index in [1.54, 1.807) is 6.07 Å². The van der Waals surface area contributed by atoms with Crippen LogP contribution in [0.15, 0.2) is 12.1 Å². The van der Waals surface area contributed by atoms with E-state index in [9.17, 15) is 10.2 Å². The van der Waals surface area contributed by atoms with E-state index in [4.69, 9.17) is 17.3 Å². The van der Waals surface area contributed by atoms with Crippen LogP contribution in [0.5, 0.6) is 5.75 Å². The lowest BCUT2D eigenvalue weighted by molar-refractivity contribution is 0.169. The minimum absolute atomic E-state index is 0.0351. The van der Waals surface area contributed by atoms with Gasteiger partial charge in [0.05, 0.1) is 11.1 Å². The fourth-order valence-corrected chi connectivity index (χ4v) is 1.53. The van der Waals surface area contributed by atoms with Crippen molar-refractivity contribution >= 4 is 11.6 Å². The normalized spacial score (nSPS) is 12.9. The van der Waals surface area contributed by atoms with Crippen LogP contribution in [-0.4, -0.2) is 16.8 Å². The third kappa shape index (κ3) is 2.38. The largest absolute Gasteiger partial charge is 0.506 e. The molecule has 1 unspecified atom stereocenters. The molecule has 14 heavy (non-hydrogen) atoms. The molecule has 0 saturated carbocycles. The topological polar surface area (TPSA) is 66.5 Å². The number of phenols is 1. The first-order valence-electron chi connectivity index (χ1n) is 4.43. The predicted molar refractivity (Wildman–Crippen MR) is 56.5 cm³/mol. The number of aryl methyl sites for hydroxylation is 1. The molecule has 1 aromatic rings. The van der Waals surface area contributed by atoms with Crippen molar-refractivity contribution in [1.82, 2.24) is 0 Å². The summed E-state index contributed by atoms with van der Waals surface area (Å²) in [6, 6.07) is 3.12. The Balaban J connectivity index is 3.02. The molecule has 4 heteroatoms. The zero-order chi connectivity index (χ0) is 10.7. The summed E-state index contributed by atoms with van der Waals surface area (Å²) in [5, 5.41) is 19.2. The van der Waals surface area contributed by atoms with Gasteiger partial charge in [0.1, 0.15) is 5.75 Å².